The number of thioether (sulfide) groups is 1. The molecule has 3 aromatic carbocycles. The van der Waals surface area contributed by atoms with Crippen molar-refractivity contribution in [2.45, 2.75) is 24.1 Å². The van der Waals surface area contributed by atoms with E-state index in [4.69, 9.17) is 19.3 Å². The molecule has 0 saturated heterocycles. The number of anilines is 1. The van der Waals surface area contributed by atoms with Gasteiger partial charge < -0.3 is 19.5 Å². The summed E-state index contributed by atoms with van der Waals surface area (Å²) in [6.45, 7) is 0.156. The minimum atomic E-state index is -0.629. The number of benzene rings is 3. The number of fused-ring (bicyclic) bond motifs is 1. The van der Waals surface area contributed by atoms with Gasteiger partial charge in [-0.25, -0.2) is 5.01 Å². The average molecular weight is 529 g/mol. The molecule has 3 aliphatic heterocycles. The van der Waals surface area contributed by atoms with Gasteiger partial charge in [-0.1, -0.05) is 42.1 Å². The number of carbonyl (C=O) groups excluding carboxylic acids is 2. The third kappa shape index (κ3) is 4.82. The van der Waals surface area contributed by atoms with Crippen LogP contribution in [-0.2, 0) is 9.59 Å². The molecule has 10 heteroatoms. The van der Waals surface area contributed by atoms with Crippen LogP contribution in [0.4, 0.5) is 5.69 Å². The van der Waals surface area contributed by atoms with E-state index >= 15 is 0 Å². The molecule has 0 fully saturated rings. The number of ether oxygens (including phenoxy) is 3. The van der Waals surface area contributed by atoms with Crippen LogP contribution in [0.1, 0.15) is 30.0 Å². The number of hydrazone groups is 1. The molecule has 0 bridgehead atoms. The summed E-state index contributed by atoms with van der Waals surface area (Å²) in [7, 11) is 1.63. The van der Waals surface area contributed by atoms with E-state index in [0.717, 1.165) is 22.6 Å². The first-order valence-corrected chi connectivity index (χ1v) is 13.0. The lowest BCUT2D eigenvalue weighted by Crippen LogP contribution is -2.25. The Morgan fingerprint density at radius 2 is 1.87 bits per heavy atom. The van der Waals surface area contributed by atoms with Gasteiger partial charge in [-0.3, -0.25) is 9.59 Å². The molecular weight excluding hydrogens is 504 g/mol. The van der Waals surface area contributed by atoms with Gasteiger partial charge >= 0.3 is 0 Å². The quantitative estimate of drug-likeness (QED) is 0.499. The molecule has 0 radical (unpaired) electrons. The second-order valence-corrected chi connectivity index (χ2v) is 10.1. The second kappa shape index (κ2) is 10.2. The molecule has 192 valence electrons. The number of rotatable bonds is 6. The first-order valence-electron chi connectivity index (χ1n) is 12.1. The fraction of sp³-hybridized carbons (Fsp3) is 0.214. The Hall–Kier alpha value is -4.31. The predicted octanol–water partition coefficient (Wildman–Crippen LogP) is 4.60. The van der Waals surface area contributed by atoms with E-state index < -0.39 is 5.25 Å². The molecule has 3 aliphatic rings. The highest BCUT2D eigenvalue weighted by molar-refractivity contribution is 8.15. The molecule has 9 nitrogen and oxygen atoms in total. The fourth-order valence-corrected chi connectivity index (χ4v) is 5.60. The lowest BCUT2D eigenvalue weighted by Gasteiger charge is -2.23. The Labute approximate surface area is 223 Å². The van der Waals surface area contributed by atoms with E-state index in [1.165, 1.54) is 11.8 Å². The van der Waals surface area contributed by atoms with E-state index in [2.05, 4.69) is 10.3 Å². The van der Waals surface area contributed by atoms with Crippen molar-refractivity contribution >= 4 is 40.1 Å². The average Bonchev–Trinajstić information content (AvgIpc) is 3.68. The summed E-state index contributed by atoms with van der Waals surface area (Å²) in [6, 6.07) is 22.8. The van der Waals surface area contributed by atoms with Gasteiger partial charge in [-0.15, -0.1) is 0 Å². The smallest absolute Gasteiger partial charge is 0.262 e. The molecule has 6 rings (SSSR count). The summed E-state index contributed by atoms with van der Waals surface area (Å²) in [4.78, 5) is 29.9. The van der Waals surface area contributed by atoms with Gasteiger partial charge in [-0.05, 0) is 47.5 Å². The number of amides is 2. The monoisotopic (exact) mass is 528 g/mol. The Morgan fingerprint density at radius 1 is 1.08 bits per heavy atom. The van der Waals surface area contributed by atoms with E-state index in [9.17, 15) is 9.59 Å². The van der Waals surface area contributed by atoms with Gasteiger partial charge in [0, 0.05) is 24.6 Å². The summed E-state index contributed by atoms with van der Waals surface area (Å²) in [5, 5.41) is 9.39. The summed E-state index contributed by atoms with van der Waals surface area (Å²) < 4.78 is 16.0. The third-order valence-electron chi connectivity index (χ3n) is 6.47. The topological polar surface area (TPSA) is 102 Å². The van der Waals surface area contributed by atoms with Gasteiger partial charge in [0.05, 0.1) is 18.9 Å². The number of carbonyl (C=O) groups is 2. The molecular formula is C28H24N4O5S. The van der Waals surface area contributed by atoms with E-state index in [1.54, 1.807) is 25.3 Å². The van der Waals surface area contributed by atoms with Gasteiger partial charge in [0.25, 0.3) is 5.91 Å². The van der Waals surface area contributed by atoms with Crippen molar-refractivity contribution in [2.75, 3.05) is 19.2 Å². The normalized spacial score (nSPS) is 19.8. The minimum Gasteiger partial charge on any atom is -0.497 e. The highest BCUT2D eigenvalue weighted by Gasteiger charge is 2.39. The largest absolute Gasteiger partial charge is 0.497 e. The zero-order valence-corrected chi connectivity index (χ0v) is 21.3. The van der Waals surface area contributed by atoms with Crippen LogP contribution in [0.3, 0.4) is 0 Å². The molecule has 0 aromatic heterocycles. The SMILES string of the molecule is COc1ccc(C2=NN(C3=NC(=O)C(CC(=O)Nc4ccc5c(c4)OCO5)S3)C(c3ccccc3)C2)cc1. The van der Waals surface area contributed by atoms with Crippen molar-refractivity contribution in [1.29, 1.82) is 0 Å². The lowest BCUT2D eigenvalue weighted by molar-refractivity contribution is -0.121. The van der Waals surface area contributed by atoms with Crippen LogP contribution in [0.5, 0.6) is 17.2 Å². The molecule has 3 aromatic rings. The van der Waals surface area contributed by atoms with Gasteiger partial charge in [-0.2, -0.15) is 10.1 Å². The Balaban J connectivity index is 1.18. The first kappa shape index (κ1) is 24.1. The highest BCUT2D eigenvalue weighted by atomic mass is 32.2. The van der Waals surface area contributed by atoms with Crippen LogP contribution in [0.25, 0.3) is 0 Å². The van der Waals surface area contributed by atoms with Crippen LogP contribution >= 0.6 is 11.8 Å². The summed E-state index contributed by atoms with van der Waals surface area (Å²) in [5.41, 5.74) is 3.51. The van der Waals surface area contributed by atoms with Crippen LogP contribution in [-0.4, -0.2) is 46.9 Å². The highest BCUT2D eigenvalue weighted by Crippen LogP contribution is 2.39. The molecule has 1 N–H and O–H groups in total. The van der Waals surface area contributed by atoms with E-state index in [-0.39, 0.29) is 31.1 Å². The summed E-state index contributed by atoms with van der Waals surface area (Å²) in [6.07, 6.45) is 0.642. The maximum absolute atomic E-state index is 12.8. The van der Waals surface area contributed by atoms with Crippen molar-refractivity contribution in [3.63, 3.8) is 0 Å². The van der Waals surface area contributed by atoms with Gasteiger partial charge in [0.2, 0.25) is 12.7 Å². The van der Waals surface area contributed by atoms with Crippen molar-refractivity contribution < 1.29 is 23.8 Å². The van der Waals surface area contributed by atoms with Crippen LogP contribution in [0, 0.1) is 0 Å². The molecule has 2 amide bonds. The number of methoxy groups -OCH3 is 1. The number of nitrogens with zero attached hydrogens (tertiary/aromatic N) is 3. The molecule has 0 saturated carbocycles. The Morgan fingerprint density at radius 3 is 2.66 bits per heavy atom. The lowest BCUT2D eigenvalue weighted by atomic mass is 9.98. The van der Waals surface area contributed by atoms with Gasteiger partial charge in [0.15, 0.2) is 16.7 Å². The number of amidine groups is 1. The summed E-state index contributed by atoms with van der Waals surface area (Å²) >= 11 is 1.27. The van der Waals surface area contributed by atoms with Crippen LogP contribution < -0.4 is 19.5 Å². The standard InChI is InChI=1S/C28H24N4O5S/c1-35-20-10-7-17(8-11-20)21-14-22(18-5-3-2-4-6-18)32(31-21)28-30-27(34)25(38-28)15-26(33)29-19-9-12-23-24(13-19)37-16-36-23/h2-13,22,25H,14-16H2,1H3,(H,29,33). The van der Waals surface area contributed by atoms with Crippen molar-refractivity contribution in [2.24, 2.45) is 10.1 Å². The van der Waals surface area contributed by atoms with Crippen LogP contribution in [0.15, 0.2) is 82.9 Å². The maximum Gasteiger partial charge on any atom is 0.262 e. The zero-order valence-electron chi connectivity index (χ0n) is 20.5. The number of nitrogens with one attached hydrogen (secondary N) is 1. The second-order valence-electron chi connectivity index (χ2n) is 8.91. The van der Waals surface area contributed by atoms with Crippen molar-refractivity contribution in [3.05, 3.63) is 83.9 Å². The molecule has 38 heavy (non-hydrogen) atoms. The van der Waals surface area contributed by atoms with Crippen molar-refractivity contribution in [1.82, 2.24) is 5.01 Å². The number of aliphatic imine (C=N–C) groups is 1. The van der Waals surface area contributed by atoms with Crippen molar-refractivity contribution in [3.8, 4) is 17.2 Å². The number of hydrogen-bond acceptors (Lipinski definition) is 8. The molecule has 3 heterocycles. The zero-order chi connectivity index (χ0) is 26.1. The number of hydrogen-bond donors (Lipinski definition) is 1. The van der Waals surface area contributed by atoms with Gasteiger partial charge in [0.1, 0.15) is 11.0 Å². The molecule has 0 aliphatic carbocycles. The van der Waals surface area contributed by atoms with Crippen LogP contribution in [0.2, 0.25) is 0 Å². The van der Waals surface area contributed by atoms with E-state index in [0.29, 0.717) is 28.8 Å². The Bertz CT molecular complexity index is 1440. The Kier molecular flexibility index (Phi) is 6.47. The molecule has 2 atom stereocenters. The van der Waals surface area contributed by atoms with E-state index in [1.807, 2.05) is 59.6 Å². The molecule has 2 unspecified atom stereocenters. The fourth-order valence-electron chi connectivity index (χ4n) is 4.54. The predicted molar refractivity (Wildman–Crippen MR) is 145 cm³/mol. The summed E-state index contributed by atoms with van der Waals surface area (Å²) in [5.74, 6) is 1.36. The minimum absolute atomic E-state index is 0.0101. The molecule has 0 spiro atoms. The third-order valence-corrected chi connectivity index (χ3v) is 7.61. The maximum atomic E-state index is 12.8. The first-order chi connectivity index (χ1) is 18.6.